The molecule has 0 radical (unpaired) electrons. The molecule has 0 aliphatic rings. The minimum absolute atomic E-state index is 0.0663. The van der Waals surface area contributed by atoms with Crippen molar-refractivity contribution in [3.63, 3.8) is 0 Å². The van der Waals surface area contributed by atoms with Crippen LogP contribution in [0.4, 0.5) is 4.39 Å². The van der Waals surface area contributed by atoms with E-state index in [1.807, 2.05) is 0 Å². The van der Waals surface area contributed by atoms with Crippen LogP contribution in [0.2, 0.25) is 18.1 Å². The van der Waals surface area contributed by atoms with E-state index >= 15 is 0 Å². The number of ether oxygens (including phenoxy) is 1. The molecular weight excluding hydrogens is 353 g/mol. The van der Waals surface area contributed by atoms with Gasteiger partial charge in [0, 0.05) is 13.0 Å². The average Bonchev–Trinajstić information content (AvgIpc) is 2.54. The minimum atomic E-state index is -1.92. The van der Waals surface area contributed by atoms with E-state index in [4.69, 9.17) is 9.16 Å². The van der Waals surface area contributed by atoms with Gasteiger partial charge in [-0.2, -0.15) is 0 Å². The number of benzene rings is 1. The third-order valence-corrected chi connectivity index (χ3v) is 9.31. The maximum Gasteiger partial charge on any atom is 0.328 e. The third-order valence-electron chi connectivity index (χ3n) is 4.77. The van der Waals surface area contributed by atoms with Crippen molar-refractivity contribution in [1.29, 1.82) is 0 Å². The quantitative estimate of drug-likeness (QED) is 0.552. The lowest BCUT2D eigenvalue weighted by Gasteiger charge is -2.36. The Bertz CT molecular complexity index is 611. The lowest BCUT2D eigenvalue weighted by atomic mass is 10.1. The molecule has 1 atom stereocenters. The van der Waals surface area contributed by atoms with Crippen molar-refractivity contribution in [3.05, 3.63) is 35.6 Å². The molecule has 0 bridgehead atoms. The molecule has 0 heterocycles. The number of halogens is 1. The highest BCUT2D eigenvalue weighted by atomic mass is 28.4. The topological polar surface area (TPSA) is 64.6 Å². The Kier molecular flexibility index (Phi) is 7.96. The van der Waals surface area contributed by atoms with Gasteiger partial charge in [-0.05, 0) is 35.8 Å². The summed E-state index contributed by atoms with van der Waals surface area (Å²) < 4.78 is 23.8. The van der Waals surface area contributed by atoms with E-state index in [1.54, 1.807) is 12.1 Å². The lowest BCUT2D eigenvalue weighted by Crippen LogP contribution is -2.45. The summed E-state index contributed by atoms with van der Waals surface area (Å²) >= 11 is 0. The van der Waals surface area contributed by atoms with Crippen LogP contribution in [0.1, 0.15) is 32.8 Å². The van der Waals surface area contributed by atoms with Gasteiger partial charge in [-0.25, -0.2) is 9.18 Å². The first-order chi connectivity index (χ1) is 12.0. The maximum atomic E-state index is 12.9. The van der Waals surface area contributed by atoms with Gasteiger partial charge in [-0.1, -0.05) is 32.9 Å². The molecule has 1 amide bonds. The summed E-state index contributed by atoms with van der Waals surface area (Å²) in [6.07, 6.45) is 0.408. The van der Waals surface area contributed by atoms with Crippen molar-refractivity contribution in [1.82, 2.24) is 5.32 Å². The highest BCUT2D eigenvalue weighted by molar-refractivity contribution is 6.74. The van der Waals surface area contributed by atoms with Gasteiger partial charge in [-0.15, -0.1) is 0 Å². The molecule has 0 aliphatic carbocycles. The second kappa shape index (κ2) is 9.28. The van der Waals surface area contributed by atoms with Crippen molar-refractivity contribution in [2.75, 3.05) is 13.7 Å². The van der Waals surface area contributed by atoms with Crippen molar-refractivity contribution in [3.8, 4) is 0 Å². The zero-order valence-electron chi connectivity index (χ0n) is 16.5. The van der Waals surface area contributed by atoms with E-state index in [2.05, 4.69) is 39.2 Å². The fourth-order valence-corrected chi connectivity index (χ4v) is 3.13. The number of rotatable bonds is 8. The molecule has 0 aromatic heterocycles. The number of carbonyl (C=O) groups is 2. The van der Waals surface area contributed by atoms with Gasteiger partial charge in [0.25, 0.3) is 0 Å². The van der Waals surface area contributed by atoms with Gasteiger partial charge in [0.05, 0.1) is 13.5 Å². The summed E-state index contributed by atoms with van der Waals surface area (Å²) in [5.41, 5.74) is 0.671. The Balaban J connectivity index is 2.62. The predicted molar refractivity (Wildman–Crippen MR) is 102 cm³/mol. The van der Waals surface area contributed by atoms with Crippen LogP contribution in [0.25, 0.3) is 0 Å². The Morgan fingerprint density at radius 3 is 2.27 bits per heavy atom. The Morgan fingerprint density at radius 2 is 1.77 bits per heavy atom. The molecule has 0 unspecified atom stereocenters. The number of hydrogen-bond donors (Lipinski definition) is 1. The number of esters is 1. The Labute approximate surface area is 156 Å². The van der Waals surface area contributed by atoms with Gasteiger partial charge >= 0.3 is 5.97 Å². The van der Waals surface area contributed by atoms with Crippen molar-refractivity contribution in [2.45, 2.75) is 57.8 Å². The van der Waals surface area contributed by atoms with Crippen LogP contribution < -0.4 is 5.32 Å². The molecule has 0 fully saturated rings. The van der Waals surface area contributed by atoms with Gasteiger partial charge in [-0.3, -0.25) is 4.79 Å². The van der Waals surface area contributed by atoms with Crippen LogP contribution in [0, 0.1) is 5.82 Å². The highest BCUT2D eigenvalue weighted by Crippen LogP contribution is 2.36. The van der Waals surface area contributed by atoms with Crippen molar-refractivity contribution >= 4 is 20.2 Å². The summed E-state index contributed by atoms with van der Waals surface area (Å²) in [6, 6.07) is 4.92. The standard InChI is InChI=1S/C19H30FNO4Si/c1-19(2,3)26(5,6)25-12-11-16(18(23)24-4)21-17(22)13-14-7-9-15(20)10-8-14/h7-10,16H,11-13H2,1-6H3,(H,21,22)/t16-/m0/s1. The van der Waals surface area contributed by atoms with Gasteiger partial charge in [0.1, 0.15) is 11.9 Å². The molecule has 1 rings (SSSR count). The summed E-state index contributed by atoms with van der Waals surface area (Å²) in [7, 11) is -0.635. The molecule has 7 heteroatoms. The molecule has 1 N–H and O–H groups in total. The number of nitrogens with one attached hydrogen (secondary N) is 1. The SMILES string of the molecule is COC(=O)[C@H](CCO[Si](C)(C)C(C)(C)C)NC(=O)Cc1ccc(F)cc1. The molecule has 0 aliphatic heterocycles. The van der Waals surface area contributed by atoms with E-state index in [0.29, 0.717) is 18.6 Å². The first kappa shape index (κ1) is 22.3. The second-order valence-electron chi connectivity index (χ2n) is 7.84. The summed E-state index contributed by atoms with van der Waals surface area (Å²) in [5, 5.41) is 2.75. The average molecular weight is 384 g/mol. The van der Waals surface area contributed by atoms with Crippen LogP contribution in [-0.2, 0) is 25.2 Å². The first-order valence-electron chi connectivity index (χ1n) is 8.72. The fraction of sp³-hybridized carbons (Fsp3) is 0.579. The minimum Gasteiger partial charge on any atom is -0.467 e. The van der Waals surface area contributed by atoms with Crippen LogP contribution in [-0.4, -0.2) is 40.0 Å². The second-order valence-corrected chi connectivity index (χ2v) is 12.7. The van der Waals surface area contributed by atoms with Crippen molar-refractivity contribution in [2.24, 2.45) is 0 Å². The number of hydrogen-bond acceptors (Lipinski definition) is 4. The molecule has 1 aromatic carbocycles. The number of carbonyl (C=O) groups excluding carboxylic acids is 2. The van der Waals surface area contributed by atoms with E-state index < -0.39 is 20.3 Å². The zero-order valence-corrected chi connectivity index (χ0v) is 17.5. The van der Waals surface area contributed by atoms with Crippen molar-refractivity contribution < 1.29 is 23.1 Å². The van der Waals surface area contributed by atoms with Gasteiger partial charge in [0.15, 0.2) is 8.32 Å². The largest absolute Gasteiger partial charge is 0.467 e. The predicted octanol–water partition coefficient (Wildman–Crippen LogP) is 3.44. The monoisotopic (exact) mass is 383 g/mol. The molecular formula is C19H30FNO4Si. The van der Waals surface area contributed by atoms with E-state index in [1.165, 1.54) is 19.2 Å². The summed E-state index contributed by atoms with van der Waals surface area (Å²) in [6.45, 7) is 11.1. The van der Waals surface area contributed by atoms with E-state index in [-0.39, 0.29) is 23.2 Å². The normalized spacial score (nSPS) is 13.2. The fourth-order valence-electron chi connectivity index (χ4n) is 2.07. The molecule has 0 saturated heterocycles. The summed E-state index contributed by atoms with van der Waals surface area (Å²) in [4.78, 5) is 24.2. The van der Waals surface area contributed by atoms with Crippen LogP contribution in [0.5, 0.6) is 0 Å². The first-order valence-corrected chi connectivity index (χ1v) is 11.6. The molecule has 26 heavy (non-hydrogen) atoms. The van der Waals surface area contributed by atoms with E-state index in [9.17, 15) is 14.0 Å². The highest BCUT2D eigenvalue weighted by Gasteiger charge is 2.37. The Morgan fingerprint density at radius 1 is 1.19 bits per heavy atom. The molecule has 146 valence electrons. The molecule has 0 spiro atoms. The van der Waals surface area contributed by atoms with E-state index in [0.717, 1.165) is 0 Å². The third kappa shape index (κ3) is 6.88. The lowest BCUT2D eigenvalue weighted by molar-refractivity contribution is -0.145. The van der Waals surface area contributed by atoms with Crippen LogP contribution >= 0.6 is 0 Å². The molecule has 1 aromatic rings. The van der Waals surface area contributed by atoms with Gasteiger partial charge < -0.3 is 14.5 Å². The zero-order chi connectivity index (χ0) is 20.0. The number of methoxy groups -OCH3 is 1. The molecule has 0 saturated carbocycles. The van der Waals surface area contributed by atoms with Gasteiger partial charge in [0.2, 0.25) is 5.91 Å². The van der Waals surface area contributed by atoms with Crippen LogP contribution in [0.15, 0.2) is 24.3 Å². The Hall–Kier alpha value is -1.73. The maximum absolute atomic E-state index is 12.9. The molecule has 5 nitrogen and oxygen atoms in total. The number of amides is 1. The summed E-state index contributed by atoms with van der Waals surface area (Å²) in [5.74, 6) is -1.18. The smallest absolute Gasteiger partial charge is 0.328 e. The van der Waals surface area contributed by atoms with Crippen LogP contribution in [0.3, 0.4) is 0 Å².